The fraction of sp³-hybridized carbons (Fsp3) is 0.296. The number of carbonyl (C=O) groups is 1. The number of anilines is 1. The van der Waals surface area contributed by atoms with E-state index < -0.39 is 17.7 Å². The minimum absolute atomic E-state index is 0.0879. The maximum absolute atomic E-state index is 13.4. The van der Waals surface area contributed by atoms with Gasteiger partial charge in [0.15, 0.2) is 0 Å². The molecule has 0 aromatic heterocycles. The third kappa shape index (κ3) is 5.57. The summed E-state index contributed by atoms with van der Waals surface area (Å²) in [5, 5.41) is 5.47. The Kier molecular flexibility index (Phi) is 6.75. The maximum atomic E-state index is 13.4. The van der Waals surface area contributed by atoms with Crippen LogP contribution in [0.1, 0.15) is 24.0 Å². The molecule has 2 N–H and O–H groups in total. The number of likely N-dealkylation sites (tertiary alicyclic amines) is 1. The van der Waals surface area contributed by atoms with Crippen molar-refractivity contribution in [2.75, 3.05) is 32.0 Å². The van der Waals surface area contributed by atoms with Crippen LogP contribution < -0.4 is 10.6 Å². The molecule has 4 nitrogen and oxygen atoms in total. The van der Waals surface area contributed by atoms with Crippen molar-refractivity contribution in [3.05, 3.63) is 89.5 Å². The first kappa shape index (κ1) is 22.9. The van der Waals surface area contributed by atoms with E-state index in [0.717, 1.165) is 49.7 Å². The topological polar surface area (TPSA) is 44.4 Å². The van der Waals surface area contributed by atoms with Gasteiger partial charge in [0.25, 0.3) is 0 Å². The van der Waals surface area contributed by atoms with Crippen molar-refractivity contribution in [1.29, 1.82) is 0 Å². The highest BCUT2D eigenvalue weighted by molar-refractivity contribution is 5.89. The molecule has 0 atom stereocenters. The van der Waals surface area contributed by atoms with Crippen LogP contribution in [0.5, 0.6) is 0 Å². The number of benzene rings is 3. The quantitative estimate of drug-likeness (QED) is 0.523. The predicted octanol–water partition coefficient (Wildman–Crippen LogP) is 5.73. The Labute approximate surface area is 193 Å². The van der Waals surface area contributed by atoms with Gasteiger partial charge in [0, 0.05) is 23.7 Å². The van der Waals surface area contributed by atoms with E-state index in [-0.39, 0.29) is 11.1 Å². The fourth-order valence-corrected chi connectivity index (χ4v) is 4.51. The summed E-state index contributed by atoms with van der Waals surface area (Å²) in [6, 6.07) is 19.5. The average molecular weight is 450 g/mol. The number of amides is 2. The molecular weight excluding hydrogens is 420 g/mol. The zero-order chi connectivity index (χ0) is 23.4. The van der Waals surface area contributed by atoms with E-state index in [4.69, 9.17) is 0 Å². The molecule has 6 heteroatoms. The van der Waals surface area contributed by atoms with E-state index in [2.05, 4.69) is 78.0 Å². The third-order valence-electron chi connectivity index (χ3n) is 6.50. The summed E-state index contributed by atoms with van der Waals surface area (Å²) in [7, 11) is 2.10. The zero-order valence-electron chi connectivity index (χ0n) is 19.0. The van der Waals surface area contributed by atoms with Crippen LogP contribution in [0, 0.1) is 18.6 Å². The first-order valence-electron chi connectivity index (χ1n) is 11.2. The lowest BCUT2D eigenvalue weighted by Crippen LogP contribution is -2.48. The molecule has 0 aliphatic carbocycles. The van der Waals surface area contributed by atoms with Gasteiger partial charge in [0.2, 0.25) is 0 Å². The summed E-state index contributed by atoms with van der Waals surface area (Å²) in [6.07, 6.45) is 1.81. The van der Waals surface area contributed by atoms with Gasteiger partial charge >= 0.3 is 6.03 Å². The number of nitrogens with zero attached hydrogens (tertiary/aromatic N) is 1. The molecule has 4 rings (SSSR count). The van der Waals surface area contributed by atoms with Crippen LogP contribution in [-0.4, -0.2) is 37.6 Å². The van der Waals surface area contributed by atoms with Crippen LogP contribution in [0.25, 0.3) is 11.1 Å². The van der Waals surface area contributed by atoms with Crippen molar-refractivity contribution in [2.45, 2.75) is 25.2 Å². The molecule has 1 aliphatic rings. The lowest BCUT2D eigenvalue weighted by Gasteiger charge is -2.41. The van der Waals surface area contributed by atoms with E-state index in [9.17, 15) is 13.6 Å². The van der Waals surface area contributed by atoms with Gasteiger partial charge in [-0.15, -0.1) is 0 Å². The van der Waals surface area contributed by atoms with E-state index in [1.54, 1.807) is 0 Å². The Hall–Kier alpha value is -3.25. The molecule has 1 fully saturated rings. The highest BCUT2D eigenvalue weighted by Gasteiger charge is 2.35. The van der Waals surface area contributed by atoms with Gasteiger partial charge in [0.05, 0.1) is 0 Å². The minimum Gasteiger partial charge on any atom is -0.337 e. The molecule has 2 amide bonds. The number of aryl methyl sites for hydroxylation is 1. The molecule has 0 bridgehead atoms. The van der Waals surface area contributed by atoms with Gasteiger partial charge < -0.3 is 15.5 Å². The molecule has 0 saturated carbocycles. The third-order valence-corrected chi connectivity index (χ3v) is 6.50. The molecule has 3 aromatic rings. The molecule has 0 unspecified atom stereocenters. The van der Waals surface area contributed by atoms with E-state index >= 15 is 0 Å². The Bertz CT molecular complexity index is 1100. The Morgan fingerprint density at radius 1 is 0.939 bits per heavy atom. The number of nitrogens with one attached hydrogen (secondary N) is 2. The standard InChI is InChI=1S/C27H29F2N3O/c1-19-4-3-5-21(14-19)20-6-8-22(9-7-20)27(10-12-32(2)13-11-27)18-30-26(33)31-25-16-23(28)15-24(29)17-25/h3-9,14-17H,10-13,18H2,1-2H3,(H2,30,31,33). The van der Waals surface area contributed by atoms with Gasteiger partial charge in [-0.25, -0.2) is 13.6 Å². The predicted molar refractivity (Wildman–Crippen MR) is 128 cm³/mol. The second kappa shape index (κ2) is 9.71. The second-order valence-corrected chi connectivity index (χ2v) is 9.00. The molecule has 172 valence electrons. The van der Waals surface area contributed by atoms with Crippen LogP contribution in [0.4, 0.5) is 19.3 Å². The lowest BCUT2D eigenvalue weighted by molar-refractivity contribution is 0.183. The lowest BCUT2D eigenvalue weighted by atomic mass is 9.72. The van der Waals surface area contributed by atoms with Crippen molar-refractivity contribution in [2.24, 2.45) is 0 Å². The van der Waals surface area contributed by atoms with Gasteiger partial charge in [-0.05, 0) is 68.7 Å². The SMILES string of the molecule is Cc1cccc(-c2ccc(C3(CNC(=O)Nc4cc(F)cc(F)c4)CCN(C)CC3)cc2)c1. The highest BCUT2D eigenvalue weighted by Crippen LogP contribution is 2.36. The summed E-state index contributed by atoms with van der Waals surface area (Å²) in [6.45, 7) is 4.38. The molecular formula is C27H29F2N3O. The molecule has 1 saturated heterocycles. The number of hydrogen-bond donors (Lipinski definition) is 2. The number of urea groups is 1. The minimum atomic E-state index is -0.731. The average Bonchev–Trinajstić information content (AvgIpc) is 2.78. The number of piperidine rings is 1. The van der Waals surface area contributed by atoms with Crippen molar-refractivity contribution in [1.82, 2.24) is 10.2 Å². The molecule has 1 heterocycles. The molecule has 1 aliphatic heterocycles. The van der Waals surface area contributed by atoms with Crippen LogP contribution in [-0.2, 0) is 5.41 Å². The highest BCUT2D eigenvalue weighted by atomic mass is 19.1. The largest absolute Gasteiger partial charge is 0.337 e. The van der Waals surface area contributed by atoms with Crippen molar-refractivity contribution < 1.29 is 13.6 Å². The zero-order valence-corrected chi connectivity index (χ0v) is 19.0. The van der Waals surface area contributed by atoms with Gasteiger partial charge in [-0.2, -0.15) is 0 Å². The van der Waals surface area contributed by atoms with Gasteiger partial charge in [-0.3, -0.25) is 0 Å². The fourth-order valence-electron chi connectivity index (χ4n) is 4.51. The van der Waals surface area contributed by atoms with Crippen molar-refractivity contribution in [3.63, 3.8) is 0 Å². The van der Waals surface area contributed by atoms with Crippen molar-refractivity contribution >= 4 is 11.7 Å². The van der Waals surface area contributed by atoms with Crippen LogP contribution in [0.2, 0.25) is 0 Å². The van der Waals surface area contributed by atoms with E-state index in [1.165, 1.54) is 16.7 Å². The smallest absolute Gasteiger partial charge is 0.319 e. The molecule has 0 spiro atoms. The van der Waals surface area contributed by atoms with Gasteiger partial charge in [0.1, 0.15) is 11.6 Å². The maximum Gasteiger partial charge on any atom is 0.319 e. The normalized spacial score (nSPS) is 15.8. The van der Waals surface area contributed by atoms with Crippen molar-refractivity contribution in [3.8, 4) is 11.1 Å². The molecule has 3 aromatic carbocycles. The Morgan fingerprint density at radius 3 is 2.24 bits per heavy atom. The number of halogens is 2. The number of hydrogen-bond acceptors (Lipinski definition) is 2. The molecule has 0 radical (unpaired) electrons. The summed E-state index contributed by atoms with van der Waals surface area (Å²) < 4.78 is 26.9. The van der Waals surface area contributed by atoms with Crippen LogP contribution in [0.3, 0.4) is 0 Å². The summed E-state index contributed by atoms with van der Waals surface area (Å²) in [4.78, 5) is 14.8. The molecule has 33 heavy (non-hydrogen) atoms. The van der Waals surface area contributed by atoms with Gasteiger partial charge in [-0.1, -0.05) is 54.1 Å². The first-order chi connectivity index (χ1) is 15.8. The van der Waals surface area contributed by atoms with Crippen LogP contribution >= 0.6 is 0 Å². The Morgan fingerprint density at radius 2 is 1.61 bits per heavy atom. The number of rotatable bonds is 5. The first-order valence-corrected chi connectivity index (χ1v) is 11.2. The van der Waals surface area contributed by atoms with E-state index in [0.29, 0.717) is 6.54 Å². The summed E-state index contributed by atoms with van der Waals surface area (Å²) in [5.41, 5.74) is 4.62. The monoisotopic (exact) mass is 449 g/mol. The summed E-state index contributed by atoms with van der Waals surface area (Å²) in [5.74, 6) is -1.46. The second-order valence-electron chi connectivity index (χ2n) is 9.00. The summed E-state index contributed by atoms with van der Waals surface area (Å²) >= 11 is 0. The Balaban J connectivity index is 1.50. The number of carbonyl (C=O) groups excluding carboxylic acids is 1. The van der Waals surface area contributed by atoms with E-state index in [1.807, 2.05) is 0 Å². The van der Waals surface area contributed by atoms with Crippen LogP contribution in [0.15, 0.2) is 66.7 Å².